The molecule has 0 bridgehead atoms. The van der Waals surface area contributed by atoms with Crippen LogP contribution in [-0.2, 0) is 0 Å². The average molecular weight is 223 g/mol. The lowest BCUT2D eigenvalue weighted by molar-refractivity contribution is -0.385. The number of nitro groups is 1. The molecule has 88 valence electrons. The third-order valence-electron chi connectivity index (χ3n) is 2.95. The van der Waals surface area contributed by atoms with Gasteiger partial charge in [0.25, 0.3) is 5.69 Å². The van der Waals surface area contributed by atoms with E-state index >= 15 is 0 Å². The van der Waals surface area contributed by atoms with Gasteiger partial charge in [-0.15, -0.1) is 0 Å². The van der Waals surface area contributed by atoms with E-state index in [1.165, 1.54) is 6.07 Å². The number of likely N-dealkylation sites (N-methyl/N-ethyl adjacent to an activating group) is 1. The second kappa shape index (κ2) is 5.03. The second-order valence-corrected chi connectivity index (χ2v) is 3.96. The molecule has 0 amide bonds. The van der Waals surface area contributed by atoms with Gasteiger partial charge in [0.2, 0.25) is 0 Å². The summed E-state index contributed by atoms with van der Waals surface area (Å²) >= 11 is 0. The van der Waals surface area contributed by atoms with Crippen molar-refractivity contribution in [3.05, 3.63) is 33.6 Å². The van der Waals surface area contributed by atoms with E-state index in [0.29, 0.717) is 5.69 Å². The molecular formula is C11H17N3O2. The van der Waals surface area contributed by atoms with E-state index < -0.39 is 4.92 Å². The zero-order valence-corrected chi connectivity index (χ0v) is 10.0. The largest absolute Gasteiger partial charge is 0.317 e. The zero-order valence-electron chi connectivity index (χ0n) is 10.0. The maximum absolute atomic E-state index is 10.6. The van der Waals surface area contributed by atoms with Crippen molar-refractivity contribution in [2.45, 2.75) is 32.7 Å². The maximum Gasteiger partial charge on any atom is 0.290 e. The van der Waals surface area contributed by atoms with Crippen LogP contribution in [0.15, 0.2) is 12.1 Å². The molecular weight excluding hydrogens is 206 g/mol. The molecule has 5 nitrogen and oxygen atoms in total. The van der Waals surface area contributed by atoms with Gasteiger partial charge in [-0.25, -0.2) is 0 Å². The minimum absolute atomic E-state index is 0.0769. The zero-order chi connectivity index (χ0) is 12.3. The van der Waals surface area contributed by atoms with Crippen molar-refractivity contribution in [2.24, 2.45) is 0 Å². The normalized spacial score (nSPS) is 14.5. The summed E-state index contributed by atoms with van der Waals surface area (Å²) in [5, 5.41) is 13.8. The first kappa shape index (κ1) is 12.6. The van der Waals surface area contributed by atoms with E-state index in [1.54, 1.807) is 13.0 Å². The summed E-state index contributed by atoms with van der Waals surface area (Å²) < 4.78 is 0. The maximum atomic E-state index is 10.6. The van der Waals surface area contributed by atoms with Crippen LogP contribution in [0.25, 0.3) is 0 Å². The average Bonchev–Trinajstić information content (AvgIpc) is 2.26. The fraction of sp³-hybridized carbons (Fsp3) is 0.545. The van der Waals surface area contributed by atoms with Crippen molar-refractivity contribution in [2.75, 3.05) is 7.05 Å². The molecule has 1 rings (SSSR count). The molecule has 1 aromatic rings. The predicted molar refractivity (Wildman–Crippen MR) is 62.6 cm³/mol. The SMILES string of the molecule is CNC(C)C(C)c1ccc([N+](=O)[O-])c(C)n1. The Morgan fingerprint density at radius 3 is 2.50 bits per heavy atom. The number of nitrogens with zero attached hydrogens (tertiary/aromatic N) is 2. The topological polar surface area (TPSA) is 68.1 Å². The van der Waals surface area contributed by atoms with Crippen LogP contribution in [0.4, 0.5) is 5.69 Å². The Morgan fingerprint density at radius 1 is 1.44 bits per heavy atom. The Balaban J connectivity index is 3.01. The minimum atomic E-state index is -0.404. The molecule has 0 aliphatic carbocycles. The molecule has 0 aliphatic heterocycles. The Hall–Kier alpha value is -1.49. The van der Waals surface area contributed by atoms with Crippen LogP contribution in [0.3, 0.4) is 0 Å². The summed E-state index contributed by atoms with van der Waals surface area (Å²) in [6.45, 7) is 5.77. The van der Waals surface area contributed by atoms with Crippen LogP contribution in [-0.4, -0.2) is 23.0 Å². The summed E-state index contributed by atoms with van der Waals surface area (Å²) in [6.07, 6.45) is 0. The van der Waals surface area contributed by atoms with E-state index in [0.717, 1.165) is 5.69 Å². The van der Waals surface area contributed by atoms with E-state index in [-0.39, 0.29) is 17.6 Å². The predicted octanol–water partition coefficient (Wildman–Crippen LogP) is 2.01. The third-order valence-corrected chi connectivity index (χ3v) is 2.95. The van der Waals surface area contributed by atoms with Gasteiger partial charge in [-0.05, 0) is 27.0 Å². The summed E-state index contributed by atoms with van der Waals surface area (Å²) in [5.41, 5.74) is 1.43. The number of nitrogens with one attached hydrogen (secondary N) is 1. The van der Waals surface area contributed by atoms with Crippen LogP contribution in [0.2, 0.25) is 0 Å². The number of aromatic nitrogens is 1. The molecule has 1 aromatic heterocycles. The summed E-state index contributed by atoms with van der Waals surface area (Å²) in [5.74, 6) is 0.226. The lowest BCUT2D eigenvalue weighted by atomic mass is 9.99. The molecule has 5 heteroatoms. The van der Waals surface area contributed by atoms with Gasteiger partial charge >= 0.3 is 0 Å². The van der Waals surface area contributed by atoms with Gasteiger partial charge in [0.05, 0.1) is 4.92 Å². The highest BCUT2D eigenvalue weighted by Gasteiger charge is 2.17. The van der Waals surface area contributed by atoms with Gasteiger partial charge in [-0.3, -0.25) is 15.1 Å². The molecule has 2 unspecified atom stereocenters. The van der Waals surface area contributed by atoms with Gasteiger partial charge in [0.15, 0.2) is 0 Å². The summed E-state index contributed by atoms with van der Waals surface area (Å²) in [4.78, 5) is 14.5. The third kappa shape index (κ3) is 2.55. The number of rotatable bonds is 4. The lowest BCUT2D eigenvalue weighted by Crippen LogP contribution is -2.27. The Bertz CT molecular complexity index is 393. The second-order valence-electron chi connectivity index (χ2n) is 3.96. The molecule has 0 spiro atoms. The first-order valence-corrected chi connectivity index (χ1v) is 5.26. The smallest absolute Gasteiger partial charge is 0.290 e. The highest BCUT2D eigenvalue weighted by atomic mass is 16.6. The van der Waals surface area contributed by atoms with Gasteiger partial charge in [-0.2, -0.15) is 0 Å². The standard InChI is InChI=1S/C11H17N3O2/c1-7(8(2)12-4)10-5-6-11(14(15)16)9(3)13-10/h5-8,12H,1-4H3. The molecule has 0 saturated carbocycles. The highest BCUT2D eigenvalue weighted by Crippen LogP contribution is 2.22. The van der Waals surface area contributed by atoms with Gasteiger partial charge in [-0.1, -0.05) is 6.92 Å². The molecule has 0 aliphatic rings. The molecule has 0 radical (unpaired) electrons. The number of pyridine rings is 1. The fourth-order valence-electron chi connectivity index (χ4n) is 1.53. The number of aryl methyl sites for hydroxylation is 1. The first-order valence-electron chi connectivity index (χ1n) is 5.26. The summed E-state index contributed by atoms with van der Waals surface area (Å²) in [7, 11) is 1.89. The van der Waals surface area contributed by atoms with E-state index in [1.807, 2.05) is 7.05 Å². The highest BCUT2D eigenvalue weighted by molar-refractivity contribution is 5.36. The molecule has 2 atom stereocenters. The van der Waals surface area contributed by atoms with Crippen LogP contribution < -0.4 is 5.32 Å². The van der Waals surface area contributed by atoms with Crippen molar-refractivity contribution in [3.63, 3.8) is 0 Å². The molecule has 0 aromatic carbocycles. The van der Waals surface area contributed by atoms with Crippen molar-refractivity contribution in [1.29, 1.82) is 0 Å². The van der Waals surface area contributed by atoms with Crippen LogP contribution in [0.1, 0.15) is 31.2 Å². The van der Waals surface area contributed by atoms with Crippen LogP contribution in [0, 0.1) is 17.0 Å². The van der Waals surface area contributed by atoms with Crippen molar-refractivity contribution in [3.8, 4) is 0 Å². The Kier molecular flexibility index (Phi) is 3.95. The van der Waals surface area contributed by atoms with E-state index in [9.17, 15) is 10.1 Å². The van der Waals surface area contributed by atoms with Crippen LogP contribution >= 0.6 is 0 Å². The Morgan fingerprint density at radius 2 is 2.06 bits per heavy atom. The minimum Gasteiger partial charge on any atom is -0.317 e. The molecule has 0 saturated heterocycles. The van der Waals surface area contributed by atoms with E-state index in [4.69, 9.17) is 0 Å². The fourth-order valence-corrected chi connectivity index (χ4v) is 1.53. The van der Waals surface area contributed by atoms with Gasteiger partial charge in [0, 0.05) is 23.7 Å². The summed E-state index contributed by atoms with van der Waals surface area (Å²) in [6, 6.07) is 3.54. The quantitative estimate of drug-likeness (QED) is 0.626. The molecule has 1 heterocycles. The van der Waals surface area contributed by atoms with Crippen LogP contribution in [0.5, 0.6) is 0 Å². The number of hydrogen-bond acceptors (Lipinski definition) is 4. The van der Waals surface area contributed by atoms with Gasteiger partial charge in [0.1, 0.15) is 5.69 Å². The lowest BCUT2D eigenvalue weighted by Gasteiger charge is -2.18. The first-order chi connectivity index (χ1) is 7.47. The molecule has 16 heavy (non-hydrogen) atoms. The van der Waals surface area contributed by atoms with E-state index in [2.05, 4.69) is 24.1 Å². The molecule has 0 fully saturated rings. The van der Waals surface area contributed by atoms with Crippen molar-refractivity contribution < 1.29 is 4.92 Å². The molecule has 1 N–H and O–H groups in total. The van der Waals surface area contributed by atoms with Crippen molar-refractivity contribution >= 4 is 5.69 Å². The van der Waals surface area contributed by atoms with Crippen molar-refractivity contribution in [1.82, 2.24) is 10.3 Å². The Labute approximate surface area is 95.0 Å². The van der Waals surface area contributed by atoms with Gasteiger partial charge < -0.3 is 5.32 Å². The number of hydrogen-bond donors (Lipinski definition) is 1. The monoisotopic (exact) mass is 223 g/mol.